The molecule has 2 N–H and O–H groups in total. The molecule has 1 aromatic heterocycles. The van der Waals surface area contributed by atoms with Crippen molar-refractivity contribution in [3.8, 4) is 0 Å². The Kier molecular flexibility index (Phi) is 6.45. The minimum atomic E-state index is -0.271. The second-order valence-corrected chi connectivity index (χ2v) is 7.78. The van der Waals surface area contributed by atoms with Crippen LogP contribution in [0.15, 0.2) is 29.2 Å². The molecule has 128 valence electrons. The largest absolute Gasteiger partial charge is 0.279 e. The summed E-state index contributed by atoms with van der Waals surface area (Å²) in [4.78, 5) is 26.9. The summed E-state index contributed by atoms with van der Waals surface area (Å²) in [6.45, 7) is 8.12. The van der Waals surface area contributed by atoms with Gasteiger partial charge in [0.2, 0.25) is 5.91 Å². The van der Waals surface area contributed by atoms with Gasteiger partial charge in [-0.2, -0.15) is 0 Å². The average molecular weight is 363 g/mol. The molecule has 6 heteroatoms. The number of thiophene rings is 1. The highest BCUT2D eigenvalue weighted by molar-refractivity contribution is 8.00. The highest BCUT2D eigenvalue weighted by Crippen LogP contribution is 2.23. The van der Waals surface area contributed by atoms with E-state index in [0.717, 1.165) is 22.4 Å². The molecule has 2 aromatic rings. The molecular formula is C18H22N2O2S2. The van der Waals surface area contributed by atoms with E-state index in [4.69, 9.17) is 0 Å². The highest BCUT2D eigenvalue weighted by Gasteiger charge is 2.12. The summed E-state index contributed by atoms with van der Waals surface area (Å²) in [6, 6.07) is 7.99. The minimum absolute atomic E-state index is 0.225. The number of hydrazine groups is 1. The van der Waals surface area contributed by atoms with Gasteiger partial charge in [-0.1, -0.05) is 24.6 Å². The number of nitrogens with one attached hydrogen (secondary N) is 2. The summed E-state index contributed by atoms with van der Waals surface area (Å²) in [7, 11) is 0. The van der Waals surface area contributed by atoms with Crippen molar-refractivity contribution in [1.29, 1.82) is 0 Å². The molecule has 0 saturated carbocycles. The predicted molar refractivity (Wildman–Crippen MR) is 101 cm³/mol. The molecule has 0 atom stereocenters. The summed E-state index contributed by atoms with van der Waals surface area (Å²) >= 11 is 2.93. The number of thioether (sulfide) groups is 1. The summed E-state index contributed by atoms with van der Waals surface area (Å²) < 4.78 is 0. The van der Waals surface area contributed by atoms with E-state index in [0.29, 0.717) is 4.88 Å². The number of carbonyl (C=O) groups excluding carboxylic acids is 2. The van der Waals surface area contributed by atoms with Crippen LogP contribution in [0.25, 0.3) is 0 Å². The Bertz CT molecular complexity index is 753. The third-order valence-corrected chi connectivity index (χ3v) is 6.13. The van der Waals surface area contributed by atoms with Crippen LogP contribution in [0.2, 0.25) is 0 Å². The standard InChI is InChI=1S/C18H22N2O2S2/c1-5-14-13(4)9-16(24-14)18(22)20-19-17(21)10-23-15-7-6-11(2)8-12(15)3/h6-9H,5,10H2,1-4H3,(H,19,21)(H,20,22). The molecular weight excluding hydrogens is 340 g/mol. The van der Waals surface area contributed by atoms with Crippen molar-refractivity contribution in [2.75, 3.05) is 5.75 Å². The molecule has 1 heterocycles. The first-order valence-corrected chi connectivity index (χ1v) is 9.59. The molecule has 0 aliphatic carbocycles. The summed E-state index contributed by atoms with van der Waals surface area (Å²) in [6.07, 6.45) is 0.905. The fraction of sp³-hybridized carbons (Fsp3) is 0.333. The zero-order valence-corrected chi connectivity index (χ0v) is 16.0. The molecule has 0 aliphatic rings. The van der Waals surface area contributed by atoms with Crippen LogP contribution in [0.5, 0.6) is 0 Å². The maximum absolute atomic E-state index is 12.1. The Morgan fingerprint density at radius 2 is 1.83 bits per heavy atom. The monoisotopic (exact) mass is 362 g/mol. The van der Waals surface area contributed by atoms with E-state index < -0.39 is 0 Å². The summed E-state index contributed by atoms with van der Waals surface area (Å²) in [5, 5.41) is 0. The van der Waals surface area contributed by atoms with Crippen molar-refractivity contribution in [3.63, 3.8) is 0 Å². The number of carbonyl (C=O) groups is 2. The van der Waals surface area contributed by atoms with Gasteiger partial charge in [-0.3, -0.25) is 20.4 Å². The fourth-order valence-electron chi connectivity index (χ4n) is 2.31. The van der Waals surface area contributed by atoms with Gasteiger partial charge in [0.05, 0.1) is 10.6 Å². The van der Waals surface area contributed by atoms with Crippen LogP contribution in [0, 0.1) is 20.8 Å². The molecule has 24 heavy (non-hydrogen) atoms. The van der Waals surface area contributed by atoms with Crippen LogP contribution in [0.4, 0.5) is 0 Å². The van der Waals surface area contributed by atoms with Crippen LogP contribution < -0.4 is 10.9 Å². The first-order chi connectivity index (χ1) is 11.4. The maximum Gasteiger partial charge on any atom is 0.279 e. The molecule has 0 spiro atoms. The Morgan fingerprint density at radius 3 is 2.46 bits per heavy atom. The lowest BCUT2D eigenvalue weighted by atomic mass is 10.2. The van der Waals surface area contributed by atoms with Crippen LogP contribution in [0.3, 0.4) is 0 Å². The van der Waals surface area contributed by atoms with Crippen LogP contribution in [-0.2, 0) is 11.2 Å². The predicted octanol–water partition coefficient (Wildman–Crippen LogP) is 3.79. The first kappa shape index (κ1) is 18.5. The molecule has 0 radical (unpaired) electrons. The number of amides is 2. The lowest BCUT2D eigenvalue weighted by Crippen LogP contribution is -2.42. The molecule has 0 saturated heterocycles. The van der Waals surface area contributed by atoms with Crippen molar-refractivity contribution in [2.45, 2.75) is 39.0 Å². The number of aryl methyl sites for hydroxylation is 4. The number of rotatable bonds is 5. The molecule has 1 aromatic carbocycles. The normalized spacial score (nSPS) is 10.5. The van der Waals surface area contributed by atoms with Gasteiger partial charge in [-0.25, -0.2) is 0 Å². The van der Waals surface area contributed by atoms with Crippen LogP contribution >= 0.6 is 23.1 Å². The second kappa shape index (κ2) is 8.35. The third-order valence-electron chi connectivity index (χ3n) is 3.57. The van der Waals surface area contributed by atoms with Crippen molar-refractivity contribution < 1.29 is 9.59 Å². The fourth-order valence-corrected chi connectivity index (χ4v) is 4.13. The van der Waals surface area contributed by atoms with Gasteiger partial charge in [0.25, 0.3) is 5.91 Å². The van der Waals surface area contributed by atoms with Crippen molar-refractivity contribution in [2.24, 2.45) is 0 Å². The second-order valence-electron chi connectivity index (χ2n) is 5.63. The minimum Gasteiger partial charge on any atom is -0.272 e. The maximum atomic E-state index is 12.1. The first-order valence-electron chi connectivity index (χ1n) is 7.79. The van der Waals surface area contributed by atoms with Gasteiger partial charge < -0.3 is 0 Å². The lowest BCUT2D eigenvalue weighted by Gasteiger charge is -2.08. The molecule has 2 amide bonds. The Balaban J connectivity index is 1.83. The lowest BCUT2D eigenvalue weighted by molar-refractivity contribution is -0.119. The average Bonchev–Trinajstić information content (AvgIpc) is 2.92. The van der Waals surface area contributed by atoms with E-state index in [1.165, 1.54) is 33.5 Å². The SMILES string of the molecule is CCc1sc(C(=O)NNC(=O)CSc2ccc(C)cc2C)cc1C. The van der Waals surface area contributed by atoms with E-state index in [-0.39, 0.29) is 17.6 Å². The van der Waals surface area contributed by atoms with Crippen molar-refractivity contribution >= 4 is 34.9 Å². The smallest absolute Gasteiger partial charge is 0.272 e. The molecule has 2 rings (SSSR count). The Hall–Kier alpha value is -1.79. The van der Waals surface area contributed by atoms with E-state index in [9.17, 15) is 9.59 Å². The highest BCUT2D eigenvalue weighted by atomic mass is 32.2. The number of hydrogen-bond donors (Lipinski definition) is 2. The van der Waals surface area contributed by atoms with Gasteiger partial charge >= 0.3 is 0 Å². The Morgan fingerprint density at radius 1 is 1.08 bits per heavy atom. The molecule has 4 nitrogen and oxygen atoms in total. The molecule has 0 fully saturated rings. The van der Waals surface area contributed by atoms with Gasteiger partial charge in [0.1, 0.15) is 0 Å². The molecule has 0 aliphatic heterocycles. The Labute approximate surface area is 151 Å². The molecule has 0 unspecified atom stereocenters. The van der Waals surface area contributed by atoms with Gasteiger partial charge in [-0.05, 0) is 50.5 Å². The van der Waals surface area contributed by atoms with Gasteiger partial charge in [0.15, 0.2) is 0 Å². The number of hydrogen-bond acceptors (Lipinski definition) is 4. The van der Waals surface area contributed by atoms with E-state index in [1.807, 2.05) is 39.0 Å². The van der Waals surface area contributed by atoms with Gasteiger partial charge in [-0.15, -0.1) is 23.1 Å². The van der Waals surface area contributed by atoms with Crippen molar-refractivity contribution in [3.05, 3.63) is 50.7 Å². The quantitative estimate of drug-likeness (QED) is 0.628. The summed E-state index contributed by atoms with van der Waals surface area (Å²) in [5.41, 5.74) is 8.42. The molecule has 0 bridgehead atoms. The zero-order chi connectivity index (χ0) is 17.7. The third kappa shape index (κ3) is 4.85. The van der Waals surface area contributed by atoms with E-state index in [2.05, 4.69) is 23.8 Å². The zero-order valence-electron chi connectivity index (χ0n) is 14.4. The van der Waals surface area contributed by atoms with Crippen LogP contribution in [0.1, 0.15) is 38.2 Å². The van der Waals surface area contributed by atoms with Crippen LogP contribution in [-0.4, -0.2) is 17.6 Å². The summed E-state index contributed by atoms with van der Waals surface area (Å²) in [5.74, 6) is -0.238. The van der Waals surface area contributed by atoms with Crippen molar-refractivity contribution in [1.82, 2.24) is 10.9 Å². The van der Waals surface area contributed by atoms with E-state index in [1.54, 1.807) is 0 Å². The number of benzene rings is 1. The van der Waals surface area contributed by atoms with E-state index >= 15 is 0 Å². The van der Waals surface area contributed by atoms with Gasteiger partial charge in [0, 0.05) is 9.77 Å². The topological polar surface area (TPSA) is 58.2 Å².